The van der Waals surface area contributed by atoms with E-state index < -0.39 is 11.2 Å². The van der Waals surface area contributed by atoms with E-state index in [1.807, 2.05) is 6.92 Å². The highest BCUT2D eigenvalue weighted by atomic mass is 16.3. The van der Waals surface area contributed by atoms with Gasteiger partial charge < -0.3 is 5.11 Å². The number of nitrogens with zero attached hydrogens (tertiary/aromatic N) is 1. The summed E-state index contributed by atoms with van der Waals surface area (Å²) in [4.78, 5) is 25.5. The summed E-state index contributed by atoms with van der Waals surface area (Å²) in [5, 5.41) is 10.0. The molecule has 1 aromatic rings. The standard InChI is InChI=1S/C13H22N2O3/c1-5-10-11(16)14-13(18)15(12(10)17)9(4)7-6-8(2)3/h8-9,17H,5-7H2,1-4H3,(H,14,16,18). The van der Waals surface area contributed by atoms with Gasteiger partial charge in [-0.2, -0.15) is 0 Å². The fourth-order valence-electron chi connectivity index (χ4n) is 2.01. The lowest BCUT2D eigenvalue weighted by Gasteiger charge is -2.18. The van der Waals surface area contributed by atoms with Gasteiger partial charge in [0.25, 0.3) is 5.56 Å². The zero-order valence-electron chi connectivity index (χ0n) is 11.5. The fourth-order valence-corrected chi connectivity index (χ4v) is 2.01. The van der Waals surface area contributed by atoms with Crippen LogP contribution in [0.2, 0.25) is 0 Å². The maximum atomic E-state index is 11.8. The number of H-pyrrole nitrogens is 1. The van der Waals surface area contributed by atoms with Gasteiger partial charge in [-0.1, -0.05) is 20.8 Å². The molecule has 5 nitrogen and oxygen atoms in total. The summed E-state index contributed by atoms with van der Waals surface area (Å²) < 4.78 is 1.28. The Morgan fingerprint density at radius 3 is 2.33 bits per heavy atom. The number of rotatable bonds is 5. The summed E-state index contributed by atoms with van der Waals surface area (Å²) in [5.74, 6) is 0.348. The van der Waals surface area contributed by atoms with Gasteiger partial charge >= 0.3 is 5.69 Å². The van der Waals surface area contributed by atoms with Crippen molar-refractivity contribution in [3.63, 3.8) is 0 Å². The Labute approximate surface area is 106 Å². The molecule has 1 aromatic heterocycles. The lowest BCUT2D eigenvalue weighted by Crippen LogP contribution is -2.33. The minimum atomic E-state index is -0.536. The van der Waals surface area contributed by atoms with Gasteiger partial charge in [-0.25, -0.2) is 4.79 Å². The normalized spacial score (nSPS) is 12.9. The second-order valence-corrected chi connectivity index (χ2v) is 5.11. The van der Waals surface area contributed by atoms with Crippen LogP contribution in [0.15, 0.2) is 9.59 Å². The molecule has 1 heterocycles. The summed E-state index contributed by atoms with van der Waals surface area (Å²) in [6.07, 6.45) is 2.16. The summed E-state index contributed by atoms with van der Waals surface area (Å²) in [7, 11) is 0. The van der Waals surface area contributed by atoms with Crippen molar-refractivity contribution in [3.8, 4) is 5.88 Å². The van der Waals surface area contributed by atoms with Gasteiger partial charge in [0.1, 0.15) is 0 Å². The molecule has 1 atom stereocenters. The van der Waals surface area contributed by atoms with E-state index in [0.29, 0.717) is 12.3 Å². The van der Waals surface area contributed by atoms with Crippen LogP contribution in [-0.4, -0.2) is 14.7 Å². The van der Waals surface area contributed by atoms with Crippen molar-refractivity contribution >= 4 is 0 Å². The van der Waals surface area contributed by atoms with E-state index in [4.69, 9.17) is 0 Å². The monoisotopic (exact) mass is 254 g/mol. The second-order valence-electron chi connectivity index (χ2n) is 5.11. The Bertz CT molecular complexity index is 514. The van der Waals surface area contributed by atoms with Crippen molar-refractivity contribution in [2.75, 3.05) is 0 Å². The predicted molar refractivity (Wildman–Crippen MR) is 71.1 cm³/mol. The average Bonchev–Trinajstić information content (AvgIpc) is 2.26. The van der Waals surface area contributed by atoms with Crippen molar-refractivity contribution in [3.05, 3.63) is 26.4 Å². The number of aromatic nitrogens is 2. The first-order valence-corrected chi connectivity index (χ1v) is 6.45. The quantitative estimate of drug-likeness (QED) is 0.841. The van der Waals surface area contributed by atoms with Crippen LogP contribution in [-0.2, 0) is 6.42 Å². The number of hydrogen-bond acceptors (Lipinski definition) is 3. The first-order valence-electron chi connectivity index (χ1n) is 6.45. The van der Waals surface area contributed by atoms with Gasteiger partial charge in [-0.3, -0.25) is 14.3 Å². The van der Waals surface area contributed by atoms with E-state index in [2.05, 4.69) is 18.8 Å². The van der Waals surface area contributed by atoms with Crippen LogP contribution < -0.4 is 11.2 Å². The first kappa shape index (κ1) is 14.5. The minimum absolute atomic E-state index is 0.123. The van der Waals surface area contributed by atoms with Crippen LogP contribution in [0, 0.1) is 5.92 Å². The van der Waals surface area contributed by atoms with E-state index in [-0.39, 0.29) is 17.5 Å². The zero-order valence-corrected chi connectivity index (χ0v) is 11.5. The van der Waals surface area contributed by atoms with Crippen LogP contribution in [0.25, 0.3) is 0 Å². The van der Waals surface area contributed by atoms with Crippen LogP contribution in [0.3, 0.4) is 0 Å². The number of nitrogens with one attached hydrogen (secondary N) is 1. The molecule has 102 valence electrons. The van der Waals surface area contributed by atoms with Crippen molar-refractivity contribution in [2.24, 2.45) is 5.92 Å². The Morgan fingerprint density at radius 1 is 1.22 bits per heavy atom. The largest absolute Gasteiger partial charge is 0.494 e. The van der Waals surface area contributed by atoms with E-state index in [1.165, 1.54) is 4.57 Å². The topological polar surface area (TPSA) is 75.1 Å². The molecule has 1 unspecified atom stereocenters. The molecule has 0 radical (unpaired) electrons. The molecular weight excluding hydrogens is 232 g/mol. The van der Waals surface area contributed by atoms with Gasteiger partial charge in [0.15, 0.2) is 0 Å². The van der Waals surface area contributed by atoms with Gasteiger partial charge in [-0.05, 0) is 32.1 Å². The maximum absolute atomic E-state index is 11.8. The van der Waals surface area contributed by atoms with Gasteiger partial charge in [-0.15, -0.1) is 0 Å². The van der Waals surface area contributed by atoms with Crippen LogP contribution in [0.4, 0.5) is 0 Å². The maximum Gasteiger partial charge on any atom is 0.331 e. The summed E-state index contributed by atoms with van der Waals surface area (Å²) in [6.45, 7) is 7.87. The van der Waals surface area contributed by atoms with E-state index in [0.717, 1.165) is 12.8 Å². The van der Waals surface area contributed by atoms with Crippen LogP contribution in [0.5, 0.6) is 5.88 Å². The molecule has 0 spiro atoms. The second kappa shape index (κ2) is 5.89. The molecule has 0 aliphatic heterocycles. The molecule has 0 aliphatic rings. The molecule has 0 saturated heterocycles. The highest BCUT2D eigenvalue weighted by Gasteiger charge is 2.17. The first-order chi connectivity index (χ1) is 8.38. The SMILES string of the molecule is CCc1c(O)n(C(C)CCC(C)C)c(=O)[nH]c1=O. The Kier molecular flexibility index (Phi) is 4.76. The van der Waals surface area contributed by atoms with Crippen molar-refractivity contribution in [2.45, 2.75) is 53.0 Å². The predicted octanol–water partition coefficient (Wildman–Crippen LogP) is 1.80. The Balaban J connectivity index is 3.16. The molecule has 1 rings (SSSR count). The smallest absolute Gasteiger partial charge is 0.331 e. The third-order valence-electron chi connectivity index (χ3n) is 3.17. The third kappa shape index (κ3) is 3.03. The van der Waals surface area contributed by atoms with E-state index in [1.54, 1.807) is 6.92 Å². The average molecular weight is 254 g/mol. The molecule has 0 aliphatic carbocycles. The zero-order chi connectivity index (χ0) is 13.9. The van der Waals surface area contributed by atoms with Crippen molar-refractivity contribution in [1.29, 1.82) is 0 Å². The van der Waals surface area contributed by atoms with E-state index in [9.17, 15) is 14.7 Å². The van der Waals surface area contributed by atoms with Gasteiger partial charge in [0.2, 0.25) is 5.88 Å². The lowest BCUT2D eigenvalue weighted by molar-refractivity contribution is 0.344. The van der Waals surface area contributed by atoms with Crippen molar-refractivity contribution in [1.82, 2.24) is 9.55 Å². The molecule has 0 bridgehead atoms. The lowest BCUT2D eigenvalue weighted by atomic mass is 10.0. The molecule has 0 aromatic carbocycles. The molecule has 5 heteroatoms. The summed E-state index contributed by atoms with van der Waals surface area (Å²) in [6, 6.07) is -0.123. The van der Waals surface area contributed by atoms with E-state index >= 15 is 0 Å². The molecular formula is C13H22N2O3. The minimum Gasteiger partial charge on any atom is -0.494 e. The van der Waals surface area contributed by atoms with Crippen LogP contribution in [0.1, 0.15) is 52.1 Å². The summed E-state index contributed by atoms with van der Waals surface area (Å²) in [5.41, 5.74) is -0.760. The molecule has 0 saturated carbocycles. The van der Waals surface area contributed by atoms with Crippen LogP contribution >= 0.6 is 0 Å². The molecule has 2 N–H and O–H groups in total. The number of aromatic amines is 1. The Hall–Kier alpha value is -1.52. The highest BCUT2D eigenvalue weighted by Crippen LogP contribution is 2.21. The highest BCUT2D eigenvalue weighted by molar-refractivity contribution is 5.22. The fraction of sp³-hybridized carbons (Fsp3) is 0.692. The summed E-state index contributed by atoms with van der Waals surface area (Å²) >= 11 is 0. The molecule has 0 fully saturated rings. The van der Waals surface area contributed by atoms with Gasteiger partial charge in [0, 0.05) is 6.04 Å². The Morgan fingerprint density at radius 2 is 1.83 bits per heavy atom. The van der Waals surface area contributed by atoms with Gasteiger partial charge in [0.05, 0.1) is 5.56 Å². The molecule has 0 amide bonds. The number of aromatic hydroxyl groups is 1. The van der Waals surface area contributed by atoms with Crippen molar-refractivity contribution < 1.29 is 5.11 Å². The third-order valence-corrected chi connectivity index (χ3v) is 3.17. The molecule has 18 heavy (non-hydrogen) atoms. The number of hydrogen-bond donors (Lipinski definition) is 2.